The van der Waals surface area contributed by atoms with Crippen LogP contribution in [-0.4, -0.2) is 12.4 Å². The fourth-order valence-electron chi connectivity index (χ4n) is 0.0527. The second-order valence-electron chi connectivity index (χ2n) is 0.594. The Bertz CT molecular complexity index is 17.1. The lowest BCUT2D eigenvalue weighted by molar-refractivity contribution is 0.405. The Hall–Kier alpha value is 0.740. The van der Waals surface area contributed by atoms with Crippen LogP contribution in [0.5, 0.6) is 0 Å². The van der Waals surface area contributed by atoms with Crippen molar-refractivity contribution >= 4 is 22.1 Å². The molecule has 0 radical (unpaired) electrons. The SMILES string of the molecule is POCCS. The predicted octanol–water partition coefficient (Wildman–Crippen LogP) is 0.723. The summed E-state index contributed by atoms with van der Waals surface area (Å²) in [6.07, 6.45) is 0. The Labute approximate surface area is 39.8 Å². The predicted molar refractivity (Wildman–Crippen MR) is 29.5 cm³/mol. The van der Waals surface area contributed by atoms with Crippen molar-refractivity contribution in [2.45, 2.75) is 0 Å². The molecule has 1 atom stereocenters. The quantitative estimate of drug-likeness (QED) is 0.407. The molecule has 0 aromatic carbocycles. The van der Waals surface area contributed by atoms with Crippen LogP contribution in [0, 0.1) is 0 Å². The van der Waals surface area contributed by atoms with Gasteiger partial charge in [0, 0.05) is 15.2 Å². The Morgan fingerprint density at radius 3 is 2.40 bits per heavy atom. The zero-order chi connectivity index (χ0) is 4.12. The molecule has 0 aromatic rings. The van der Waals surface area contributed by atoms with Crippen LogP contribution in [0.15, 0.2) is 0 Å². The molecule has 0 amide bonds. The van der Waals surface area contributed by atoms with E-state index in [-0.39, 0.29) is 0 Å². The first-order valence-corrected chi connectivity index (χ1v) is 2.44. The van der Waals surface area contributed by atoms with Crippen molar-refractivity contribution in [3.05, 3.63) is 0 Å². The van der Waals surface area contributed by atoms with Gasteiger partial charge in [0.15, 0.2) is 0 Å². The Morgan fingerprint density at radius 2 is 2.40 bits per heavy atom. The molecule has 1 nitrogen and oxygen atoms in total. The standard InChI is InChI=1S/C2H7OPS/c4-3-1-2-5/h5H,1-2,4H2. The molecule has 0 aliphatic heterocycles. The lowest BCUT2D eigenvalue weighted by Gasteiger charge is -1.83. The normalized spacial score (nSPS) is 8.40. The summed E-state index contributed by atoms with van der Waals surface area (Å²) in [7, 11) is 2.15. The smallest absolute Gasteiger partial charge is 0.0590 e. The molecular weight excluding hydrogens is 103 g/mol. The molecule has 0 aliphatic rings. The minimum atomic E-state index is 0.716. The summed E-state index contributed by atoms with van der Waals surface area (Å²) in [5, 5.41) is 0. The Morgan fingerprint density at radius 1 is 1.80 bits per heavy atom. The first-order chi connectivity index (χ1) is 2.41. The molecule has 0 saturated heterocycles. The van der Waals surface area contributed by atoms with E-state index in [2.05, 4.69) is 26.6 Å². The highest BCUT2D eigenvalue weighted by Gasteiger charge is 1.67. The van der Waals surface area contributed by atoms with E-state index in [0.717, 1.165) is 5.75 Å². The monoisotopic (exact) mass is 110 g/mol. The van der Waals surface area contributed by atoms with Gasteiger partial charge in [0.05, 0.1) is 6.61 Å². The zero-order valence-electron chi connectivity index (χ0n) is 2.85. The van der Waals surface area contributed by atoms with Gasteiger partial charge >= 0.3 is 0 Å². The van der Waals surface area contributed by atoms with Gasteiger partial charge in [-0.05, 0) is 0 Å². The van der Waals surface area contributed by atoms with Crippen molar-refractivity contribution in [1.82, 2.24) is 0 Å². The van der Waals surface area contributed by atoms with Crippen molar-refractivity contribution in [3.8, 4) is 0 Å². The fourth-order valence-corrected chi connectivity index (χ4v) is 0.474. The molecule has 0 bridgehead atoms. The van der Waals surface area contributed by atoms with E-state index in [1.54, 1.807) is 0 Å². The maximum Gasteiger partial charge on any atom is 0.0590 e. The molecule has 0 heterocycles. The van der Waals surface area contributed by atoms with Gasteiger partial charge in [-0.15, -0.1) is 0 Å². The van der Waals surface area contributed by atoms with Crippen LogP contribution in [0.4, 0.5) is 0 Å². The van der Waals surface area contributed by atoms with Crippen molar-refractivity contribution in [1.29, 1.82) is 0 Å². The van der Waals surface area contributed by atoms with E-state index in [9.17, 15) is 0 Å². The topological polar surface area (TPSA) is 9.23 Å². The molecule has 0 aromatic heterocycles. The van der Waals surface area contributed by atoms with Crippen LogP contribution < -0.4 is 0 Å². The summed E-state index contributed by atoms with van der Waals surface area (Å²) in [6, 6.07) is 0. The highest BCUT2D eigenvalue weighted by atomic mass is 32.1. The minimum absolute atomic E-state index is 0.716. The van der Waals surface area contributed by atoms with Crippen LogP contribution in [0.25, 0.3) is 0 Å². The summed E-state index contributed by atoms with van der Waals surface area (Å²) in [4.78, 5) is 0. The van der Waals surface area contributed by atoms with Crippen LogP contribution >= 0.6 is 22.1 Å². The molecule has 0 saturated carbocycles. The van der Waals surface area contributed by atoms with Gasteiger partial charge in [-0.2, -0.15) is 12.6 Å². The third kappa shape index (κ3) is 4.74. The van der Waals surface area contributed by atoms with Crippen LogP contribution in [0.2, 0.25) is 0 Å². The number of hydrogen-bond acceptors (Lipinski definition) is 2. The van der Waals surface area contributed by atoms with Gasteiger partial charge in [-0.25, -0.2) is 0 Å². The van der Waals surface area contributed by atoms with Crippen molar-refractivity contribution < 1.29 is 4.52 Å². The Kier molecular flexibility index (Phi) is 5.44. The summed E-state index contributed by atoms with van der Waals surface area (Å²) in [5.41, 5.74) is 0. The summed E-state index contributed by atoms with van der Waals surface area (Å²) >= 11 is 3.86. The average molecular weight is 110 g/mol. The minimum Gasteiger partial charge on any atom is -0.365 e. The number of hydrogen-bond donors (Lipinski definition) is 1. The summed E-state index contributed by atoms with van der Waals surface area (Å²) in [5.74, 6) is 0.795. The third-order valence-corrected chi connectivity index (χ3v) is 0.627. The van der Waals surface area contributed by atoms with Gasteiger partial charge in [-0.3, -0.25) is 0 Å². The highest BCUT2D eigenvalue weighted by Crippen LogP contribution is 1.82. The molecule has 0 aliphatic carbocycles. The number of thiol groups is 1. The molecule has 32 valence electrons. The highest BCUT2D eigenvalue weighted by molar-refractivity contribution is 7.80. The van der Waals surface area contributed by atoms with Gasteiger partial charge in [0.2, 0.25) is 0 Å². The van der Waals surface area contributed by atoms with Crippen LogP contribution in [0.3, 0.4) is 0 Å². The van der Waals surface area contributed by atoms with Gasteiger partial charge < -0.3 is 4.52 Å². The lowest BCUT2D eigenvalue weighted by atomic mass is 10.9. The van der Waals surface area contributed by atoms with Gasteiger partial charge in [0.1, 0.15) is 0 Å². The lowest BCUT2D eigenvalue weighted by Crippen LogP contribution is -1.79. The molecule has 0 spiro atoms. The zero-order valence-corrected chi connectivity index (χ0v) is 4.90. The van der Waals surface area contributed by atoms with E-state index in [1.807, 2.05) is 0 Å². The average Bonchev–Trinajstić information content (AvgIpc) is 1.41. The molecule has 1 unspecified atom stereocenters. The maximum absolute atomic E-state index is 4.53. The van der Waals surface area contributed by atoms with E-state index in [0.29, 0.717) is 6.61 Å². The van der Waals surface area contributed by atoms with Gasteiger partial charge in [-0.1, -0.05) is 0 Å². The first-order valence-electron chi connectivity index (χ1n) is 1.34. The summed E-state index contributed by atoms with van der Waals surface area (Å²) < 4.78 is 4.53. The van der Waals surface area contributed by atoms with E-state index in [1.165, 1.54) is 0 Å². The summed E-state index contributed by atoms with van der Waals surface area (Å²) in [6.45, 7) is 0.716. The first kappa shape index (κ1) is 5.74. The Balaban J connectivity index is 2.19. The van der Waals surface area contributed by atoms with Crippen LogP contribution in [0.1, 0.15) is 0 Å². The largest absolute Gasteiger partial charge is 0.365 e. The van der Waals surface area contributed by atoms with E-state index >= 15 is 0 Å². The third-order valence-electron chi connectivity index (χ3n) is 0.209. The molecule has 3 heteroatoms. The van der Waals surface area contributed by atoms with E-state index < -0.39 is 0 Å². The molecule has 5 heavy (non-hydrogen) atoms. The molecule has 0 fully saturated rings. The van der Waals surface area contributed by atoms with Crippen molar-refractivity contribution in [2.75, 3.05) is 12.4 Å². The molecular formula is C2H7OPS. The van der Waals surface area contributed by atoms with Crippen molar-refractivity contribution in [3.63, 3.8) is 0 Å². The van der Waals surface area contributed by atoms with Crippen molar-refractivity contribution in [2.24, 2.45) is 0 Å². The van der Waals surface area contributed by atoms with Gasteiger partial charge in [0.25, 0.3) is 0 Å². The molecule has 0 N–H and O–H groups in total. The second kappa shape index (κ2) is 4.74. The van der Waals surface area contributed by atoms with E-state index in [4.69, 9.17) is 0 Å². The maximum atomic E-state index is 4.53. The fraction of sp³-hybridized carbons (Fsp3) is 1.00. The van der Waals surface area contributed by atoms with Crippen LogP contribution in [-0.2, 0) is 4.52 Å². The molecule has 0 rings (SSSR count). The number of rotatable bonds is 2. The second-order valence-corrected chi connectivity index (χ2v) is 1.37.